The van der Waals surface area contributed by atoms with Crippen molar-refractivity contribution in [3.8, 4) is 11.5 Å². The Morgan fingerprint density at radius 3 is 2.79 bits per heavy atom. The van der Waals surface area contributed by atoms with Crippen LogP contribution in [0.3, 0.4) is 0 Å². The Balaban J connectivity index is 2.73. The van der Waals surface area contributed by atoms with Crippen molar-refractivity contribution in [1.82, 2.24) is 5.32 Å². The summed E-state index contributed by atoms with van der Waals surface area (Å²) in [6.07, 6.45) is 1.88. The first-order chi connectivity index (χ1) is 8.89. The number of hydrogen-bond acceptors (Lipinski definition) is 5. The van der Waals surface area contributed by atoms with Gasteiger partial charge < -0.3 is 20.3 Å². The number of nitrogens with one attached hydrogen (secondary N) is 1. The number of thioether (sulfide) groups is 1. The third kappa shape index (κ3) is 4.65. The van der Waals surface area contributed by atoms with Crippen LogP contribution in [0.25, 0.3) is 0 Å². The van der Waals surface area contributed by atoms with Crippen molar-refractivity contribution in [3.05, 3.63) is 23.8 Å². The average molecular weight is 285 g/mol. The number of hydrogen-bond donors (Lipinski definition) is 3. The molecule has 1 rings (SSSR count). The van der Waals surface area contributed by atoms with Gasteiger partial charge in [0.05, 0.1) is 18.3 Å². The number of aromatic hydroxyl groups is 1. The standard InChI is InChI=1S/C13H19NO4S/c1-13(17,8-19-3)7-14-12(16)10-6-9(18-2)4-5-11(10)15/h4-6,15,17H,7-8H2,1-3H3,(H,14,16). The van der Waals surface area contributed by atoms with Crippen LogP contribution in [0.4, 0.5) is 0 Å². The first-order valence-corrected chi connectivity index (χ1v) is 7.15. The molecular weight excluding hydrogens is 266 g/mol. The summed E-state index contributed by atoms with van der Waals surface area (Å²) in [5.74, 6) is 0.427. The molecule has 1 aromatic carbocycles. The van der Waals surface area contributed by atoms with Crippen molar-refractivity contribution in [2.75, 3.05) is 25.7 Å². The largest absolute Gasteiger partial charge is 0.507 e. The lowest BCUT2D eigenvalue weighted by molar-refractivity contribution is 0.0723. The van der Waals surface area contributed by atoms with E-state index in [9.17, 15) is 15.0 Å². The number of carbonyl (C=O) groups is 1. The Morgan fingerprint density at radius 1 is 1.53 bits per heavy atom. The molecule has 0 saturated heterocycles. The molecule has 1 aromatic rings. The molecule has 0 saturated carbocycles. The van der Waals surface area contributed by atoms with Gasteiger partial charge in [0.15, 0.2) is 0 Å². The van der Waals surface area contributed by atoms with Crippen molar-refractivity contribution in [2.24, 2.45) is 0 Å². The van der Waals surface area contributed by atoms with Crippen molar-refractivity contribution in [3.63, 3.8) is 0 Å². The molecule has 19 heavy (non-hydrogen) atoms. The minimum absolute atomic E-state index is 0.114. The zero-order valence-electron chi connectivity index (χ0n) is 11.3. The van der Waals surface area contributed by atoms with Gasteiger partial charge in [-0.05, 0) is 31.4 Å². The van der Waals surface area contributed by atoms with E-state index in [1.54, 1.807) is 13.0 Å². The lowest BCUT2D eigenvalue weighted by Crippen LogP contribution is -2.42. The van der Waals surface area contributed by atoms with Crippen LogP contribution in [-0.4, -0.2) is 47.4 Å². The van der Waals surface area contributed by atoms with E-state index < -0.39 is 11.5 Å². The van der Waals surface area contributed by atoms with Gasteiger partial charge in [-0.1, -0.05) is 0 Å². The molecule has 3 N–H and O–H groups in total. The molecule has 5 nitrogen and oxygen atoms in total. The van der Waals surface area contributed by atoms with Gasteiger partial charge in [-0.15, -0.1) is 0 Å². The fourth-order valence-electron chi connectivity index (χ4n) is 1.55. The Kier molecular flexibility index (Phi) is 5.50. The van der Waals surface area contributed by atoms with E-state index in [-0.39, 0.29) is 17.9 Å². The quantitative estimate of drug-likeness (QED) is 0.733. The molecule has 0 aromatic heterocycles. The minimum atomic E-state index is -0.983. The molecule has 106 valence electrons. The SMILES string of the molecule is COc1ccc(O)c(C(=O)NCC(C)(O)CSC)c1. The molecule has 0 fully saturated rings. The molecule has 0 radical (unpaired) electrons. The van der Waals surface area contributed by atoms with E-state index >= 15 is 0 Å². The number of benzene rings is 1. The summed E-state index contributed by atoms with van der Waals surface area (Å²) in [6.45, 7) is 1.76. The number of ether oxygens (including phenoxy) is 1. The summed E-state index contributed by atoms with van der Waals surface area (Å²) in [7, 11) is 1.48. The molecule has 0 aliphatic heterocycles. The molecule has 0 heterocycles. The van der Waals surface area contributed by atoms with Crippen LogP contribution < -0.4 is 10.1 Å². The summed E-state index contributed by atoms with van der Waals surface area (Å²) in [4.78, 5) is 11.9. The molecular formula is C13H19NO4S. The summed E-state index contributed by atoms with van der Waals surface area (Å²) in [6, 6.07) is 4.41. The van der Waals surface area contributed by atoms with Crippen LogP contribution in [0.15, 0.2) is 18.2 Å². The minimum Gasteiger partial charge on any atom is -0.507 e. The summed E-state index contributed by atoms with van der Waals surface area (Å²) < 4.78 is 5.00. The van der Waals surface area contributed by atoms with Crippen molar-refractivity contribution >= 4 is 17.7 Å². The Labute approximate surface area is 117 Å². The van der Waals surface area contributed by atoms with Crippen molar-refractivity contribution < 1.29 is 19.7 Å². The van der Waals surface area contributed by atoms with Gasteiger partial charge in [0, 0.05) is 12.3 Å². The summed E-state index contributed by atoms with van der Waals surface area (Å²) in [5, 5.41) is 22.2. The number of carbonyl (C=O) groups excluding carboxylic acids is 1. The van der Waals surface area contributed by atoms with E-state index in [0.29, 0.717) is 11.5 Å². The molecule has 0 spiro atoms. The highest BCUT2D eigenvalue weighted by molar-refractivity contribution is 7.98. The van der Waals surface area contributed by atoms with Crippen LogP contribution in [0.2, 0.25) is 0 Å². The second-order valence-corrected chi connectivity index (χ2v) is 5.36. The summed E-state index contributed by atoms with van der Waals surface area (Å²) >= 11 is 1.49. The van der Waals surface area contributed by atoms with Crippen LogP contribution in [0.1, 0.15) is 17.3 Å². The Bertz CT molecular complexity index is 448. The summed E-state index contributed by atoms with van der Waals surface area (Å²) in [5.41, 5.74) is -0.858. The third-order valence-electron chi connectivity index (χ3n) is 2.53. The van der Waals surface area contributed by atoms with E-state index in [2.05, 4.69) is 5.32 Å². The predicted octanol–water partition coefficient (Wildman–Crippen LogP) is 1.24. The van der Waals surface area contributed by atoms with Gasteiger partial charge in [0.25, 0.3) is 5.91 Å². The highest BCUT2D eigenvalue weighted by Crippen LogP contribution is 2.22. The highest BCUT2D eigenvalue weighted by Gasteiger charge is 2.21. The lowest BCUT2D eigenvalue weighted by Gasteiger charge is -2.22. The van der Waals surface area contributed by atoms with Gasteiger partial charge in [0.1, 0.15) is 11.5 Å². The average Bonchev–Trinajstić information content (AvgIpc) is 2.36. The fraction of sp³-hybridized carbons (Fsp3) is 0.462. The monoisotopic (exact) mass is 285 g/mol. The molecule has 0 aliphatic carbocycles. The number of methoxy groups -OCH3 is 1. The zero-order chi connectivity index (χ0) is 14.5. The maximum atomic E-state index is 11.9. The second-order valence-electron chi connectivity index (χ2n) is 4.50. The van der Waals surface area contributed by atoms with Gasteiger partial charge in [-0.25, -0.2) is 0 Å². The van der Waals surface area contributed by atoms with Gasteiger partial charge in [0.2, 0.25) is 0 Å². The predicted molar refractivity (Wildman–Crippen MR) is 76.0 cm³/mol. The first-order valence-electron chi connectivity index (χ1n) is 5.76. The van der Waals surface area contributed by atoms with Gasteiger partial charge in [-0.2, -0.15) is 11.8 Å². The fourth-order valence-corrected chi connectivity index (χ4v) is 2.28. The molecule has 0 aliphatic rings. The van der Waals surface area contributed by atoms with E-state index in [1.807, 2.05) is 6.26 Å². The van der Waals surface area contributed by atoms with Crippen LogP contribution >= 0.6 is 11.8 Å². The second kappa shape index (κ2) is 6.68. The maximum absolute atomic E-state index is 11.9. The molecule has 1 unspecified atom stereocenters. The number of aliphatic hydroxyl groups is 1. The van der Waals surface area contributed by atoms with Crippen LogP contribution in [0.5, 0.6) is 11.5 Å². The molecule has 6 heteroatoms. The smallest absolute Gasteiger partial charge is 0.255 e. The third-order valence-corrected chi connectivity index (χ3v) is 3.44. The zero-order valence-corrected chi connectivity index (χ0v) is 12.1. The maximum Gasteiger partial charge on any atom is 0.255 e. The number of phenols is 1. The van der Waals surface area contributed by atoms with E-state index in [0.717, 1.165) is 0 Å². The number of amides is 1. The van der Waals surface area contributed by atoms with Crippen LogP contribution in [-0.2, 0) is 0 Å². The molecule has 1 atom stereocenters. The first kappa shape index (κ1) is 15.7. The van der Waals surface area contributed by atoms with Gasteiger partial charge >= 0.3 is 0 Å². The van der Waals surface area contributed by atoms with Gasteiger partial charge in [-0.3, -0.25) is 4.79 Å². The number of rotatable bonds is 6. The number of phenolic OH excluding ortho intramolecular Hbond substituents is 1. The molecule has 0 bridgehead atoms. The normalized spacial score (nSPS) is 13.7. The van der Waals surface area contributed by atoms with Crippen molar-refractivity contribution in [2.45, 2.75) is 12.5 Å². The Hall–Kier alpha value is -1.40. The highest BCUT2D eigenvalue weighted by atomic mass is 32.2. The van der Waals surface area contributed by atoms with E-state index in [4.69, 9.17) is 4.74 Å². The van der Waals surface area contributed by atoms with Crippen LogP contribution in [0, 0.1) is 0 Å². The lowest BCUT2D eigenvalue weighted by atomic mass is 10.1. The Morgan fingerprint density at radius 2 is 2.21 bits per heavy atom. The van der Waals surface area contributed by atoms with E-state index in [1.165, 1.54) is 31.0 Å². The molecule has 1 amide bonds. The topological polar surface area (TPSA) is 78.8 Å². The van der Waals surface area contributed by atoms with Crippen molar-refractivity contribution in [1.29, 1.82) is 0 Å².